The number of ether oxygens (including phenoxy) is 4. The Kier molecular flexibility index (Phi) is 68.4. The second kappa shape index (κ2) is 71.4. The SMILES string of the molecule is CC/C=C\C/C=C\C/C=C\C/C=C\CCCCCCC(=O)OCC(COP(=O)(O)OCC(O)COP(=O)(O)OCC(COC(=O)CCCCCCCCCCCCCCC)OC(=O)CCCCCCC/C=C\CCCC)OC(=O)CCCCCCCCC/C=C\C/C=C\C/C=C\CC. The monoisotopic (exact) mass is 1420 g/mol. The van der Waals surface area contributed by atoms with Gasteiger partial charge in [-0.3, -0.25) is 37.3 Å². The second-order valence-corrected chi connectivity index (χ2v) is 28.4. The Hall–Kier alpha value is -4.02. The number of hydrogen-bond donors (Lipinski definition) is 3. The van der Waals surface area contributed by atoms with Gasteiger partial charge in [-0.25, -0.2) is 9.13 Å². The van der Waals surface area contributed by atoms with Crippen molar-refractivity contribution in [2.45, 2.75) is 341 Å². The van der Waals surface area contributed by atoms with Gasteiger partial charge in [-0.2, -0.15) is 0 Å². The molecule has 17 nitrogen and oxygen atoms in total. The molecule has 5 unspecified atom stereocenters. The smallest absolute Gasteiger partial charge is 0.462 e. The van der Waals surface area contributed by atoms with E-state index in [1.54, 1.807) is 0 Å². The fraction of sp³-hybridized carbons (Fsp3) is 0.747. The predicted octanol–water partition coefficient (Wildman–Crippen LogP) is 22.0. The molecule has 0 rings (SSSR count). The molecular weight excluding hydrogens is 1280 g/mol. The number of phosphoric acid groups is 2. The summed E-state index contributed by atoms with van der Waals surface area (Å²) in [6, 6.07) is 0. The lowest BCUT2D eigenvalue weighted by Crippen LogP contribution is -2.30. The van der Waals surface area contributed by atoms with Gasteiger partial charge in [0, 0.05) is 25.7 Å². The largest absolute Gasteiger partial charge is 0.472 e. The predicted molar refractivity (Wildman–Crippen MR) is 399 cm³/mol. The third kappa shape index (κ3) is 70.4. The Balaban J connectivity index is 5.35. The van der Waals surface area contributed by atoms with Crippen LogP contribution in [0.4, 0.5) is 0 Å². The van der Waals surface area contributed by atoms with E-state index in [0.29, 0.717) is 25.7 Å². The summed E-state index contributed by atoms with van der Waals surface area (Å²) in [5.74, 6) is -2.21. The Morgan fingerprint density at radius 2 is 0.541 bits per heavy atom. The molecule has 0 aliphatic heterocycles. The lowest BCUT2D eigenvalue weighted by atomic mass is 10.0. The van der Waals surface area contributed by atoms with Gasteiger partial charge in [0.2, 0.25) is 0 Å². The maximum Gasteiger partial charge on any atom is 0.472 e. The van der Waals surface area contributed by atoms with Gasteiger partial charge >= 0.3 is 39.5 Å². The number of carbonyl (C=O) groups excluding carboxylic acids is 4. The van der Waals surface area contributed by atoms with Crippen LogP contribution in [-0.4, -0.2) is 96.7 Å². The van der Waals surface area contributed by atoms with Gasteiger partial charge in [-0.05, 0) is 116 Å². The highest BCUT2D eigenvalue weighted by Crippen LogP contribution is 2.45. The molecule has 0 aliphatic carbocycles. The Morgan fingerprint density at radius 1 is 0.296 bits per heavy atom. The molecule has 0 aromatic heterocycles. The van der Waals surface area contributed by atoms with Gasteiger partial charge in [0.15, 0.2) is 12.2 Å². The molecule has 0 amide bonds. The minimum Gasteiger partial charge on any atom is -0.462 e. The average molecular weight is 1420 g/mol. The van der Waals surface area contributed by atoms with Crippen LogP contribution in [0.2, 0.25) is 0 Å². The molecule has 0 saturated carbocycles. The molecule has 0 spiro atoms. The lowest BCUT2D eigenvalue weighted by Gasteiger charge is -2.21. The number of aliphatic hydroxyl groups is 1. The number of hydrogen-bond acceptors (Lipinski definition) is 15. The van der Waals surface area contributed by atoms with Crippen molar-refractivity contribution in [3.05, 3.63) is 97.2 Å². The van der Waals surface area contributed by atoms with Crippen LogP contribution < -0.4 is 0 Å². The van der Waals surface area contributed by atoms with Crippen molar-refractivity contribution >= 4 is 39.5 Å². The molecular formula is C79H138O17P2. The quantitative estimate of drug-likeness (QED) is 0.0169. The molecule has 5 atom stereocenters. The molecule has 3 N–H and O–H groups in total. The molecule has 0 aromatic rings. The van der Waals surface area contributed by atoms with Gasteiger partial charge in [-0.15, -0.1) is 0 Å². The van der Waals surface area contributed by atoms with Crippen LogP contribution in [0.5, 0.6) is 0 Å². The summed E-state index contributed by atoms with van der Waals surface area (Å²) in [6.45, 7) is 4.59. The molecule has 19 heteroatoms. The summed E-state index contributed by atoms with van der Waals surface area (Å²) in [5, 5.41) is 10.6. The summed E-state index contributed by atoms with van der Waals surface area (Å²) in [6.07, 6.45) is 74.0. The van der Waals surface area contributed by atoms with Crippen molar-refractivity contribution in [1.29, 1.82) is 0 Å². The molecule has 0 bridgehead atoms. The van der Waals surface area contributed by atoms with E-state index in [1.807, 2.05) is 0 Å². The van der Waals surface area contributed by atoms with Crippen LogP contribution in [0.15, 0.2) is 97.2 Å². The fourth-order valence-corrected chi connectivity index (χ4v) is 11.8. The van der Waals surface area contributed by atoms with Crippen LogP contribution in [-0.2, 0) is 65.4 Å². The van der Waals surface area contributed by atoms with Crippen LogP contribution in [0, 0.1) is 0 Å². The minimum atomic E-state index is -4.98. The van der Waals surface area contributed by atoms with Crippen molar-refractivity contribution < 1.29 is 80.2 Å². The lowest BCUT2D eigenvalue weighted by molar-refractivity contribution is -0.161. The Morgan fingerprint density at radius 3 is 0.857 bits per heavy atom. The number of allylic oxidation sites excluding steroid dienone is 16. The van der Waals surface area contributed by atoms with Gasteiger partial charge < -0.3 is 33.8 Å². The first-order chi connectivity index (χ1) is 47.7. The zero-order valence-electron chi connectivity index (χ0n) is 61.7. The van der Waals surface area contributed by atoms with E-state index in [0.717, 1.165) is 173 Å². The van der Waals surface area contributed by atoms with Crippen molar-refractivity contribution in [2.24, 2.45) is 0 Å². The van der Waals surface area contributed by atoms with Gasteiger partial charge in [0.25, 0.3) is 0 Å². The van der Waals surface area contributed by atoms with Crippen LogP contribution >= 0.6 is 15.6 Å². The van der Waals surface area contributed by atoms with E-state index in [1.165, 1.54) is 70.6 Å². The van der Waals surface area contributed by atoms with Crippen LogP contribution in [0.3, 0.4) is 0 Å². The van der Waals surface area contributed by atoms with E-state index in [4.69, 9.17) is 37.0 Å². The first-order valence-electron chi connectivity index (χ1n) is 38.5. The molecule has 0 heterocycles. The number of aliphatic hydroxyl groups excluding tert-OH is 1. The maximum absolute atomic E-state index is 13.1. The maximum atomic E-state index is 13.1. The number of rotatable bonds is 72. The number of esters is 4. The normalized spacial score (nSPS) is 14.5. The van der Waals surface area contributed by atoms with Gasteiger partial charge in [0.1, 0.15) is 19.3 Å². The zero-order chi connectivity index (χ0) is 71.8. The van der Waals surface area contributed by atoms with E-state index in [2.05, 4.69) is 125 Å². The molecule has 0 aliphatic rings. The van der Waals surface area contributed by atoms with Gasteiger partial charge in [0.05, 0.1) is 26.4 Å². The van der Waals surface area contributed by atoms with E-state index < -0.39 is 97.5 Å². The third-order valence-corrected chi connectivity index (χ3v) is 17.9. The highest BCUT2D eigenvalue weighted by molar-refractivity contribution is 7.47. The molecule has 0 fully saturated rings. The number of carbonyl (C=O) groups is 4. The highest BCUT2D eigenvalue weighted by Gasteiger charge is 2.30. The number of unbranched alkanes of at least 4 members (excludes halogenated alkanes) is 30. The second-order valence-electron chi connectivity index (χ2n) is 25.5. The average Bonchev–Trinajstić information content (AvgIpc) is 0.980. The first-order valence-corrected chi connectivity index (χ1v) is 41.5. The zero-order valence-corrected chi connectivity index (χ0v) is 63.5. The Bertz CT molecular complexity index is 2240. The minimum absolute atomic E-state index is 0.0776. The van der Waals surface area contributed by atoms with Crippen LogP contribution in [0.25, 0.3) is 0 Å². The molecule has 0 aromatic carbocycles. The molecule has 566 valence electrons. The van der Waals surface area contributed by atoms with E-state index >= 15 is 0 Å². The highest BCUT2D eigenvalue weighted by atomic mass is 31.2. The van der Waals surface area contributed by atoms with Crippen molar-refractivity contribution in [3.8, 4) is 0 Å². The summed E-state index contributed by atoms with van der Waals surface area (Å²) in [4.78, 5) is 72.8. The standard InChI is InChI=1S/C79H138O17P2/c1-5-9-13-17-21-25-29-32-34-36-38-41-45-48-52-56-60-64-77(82)90-70-75(96-79(84)66-62-58-54-50-46-42-39-37-35-33-30-26-22-18-14-10-6-2)72-94-98(87,88)92-68-73(80)67-91-97(85,86)93-71-74(95-78(83)65-61-57-53-49-43-28-24-20-16-12-8-4)69-89-76(81)63-59-55-51-47-44-40-31-27-23-19-15-11-7-3/h9-10,13-14,20-22,24-26,32-35,38,41,73-75,80H,5-8,11-12,15-19,23,27-31,36-37,39-40,42-72H2,1-4H3,(H,85,86)(H,87,88)/b13-9-,14-10-,24-20-,25-21-,26-22-,34-32-,35-33-,41-38-. The molecule has 0 saturated heterocycles. The molecule has 0 radical (unpaired) electrons. The van der Waals surface area contributed by atoms with Crippen LogP contribution in [0.1, 0.15) is 323 Å². The fourth-order valence-electron chi connectivity index (χ4n) is 10.2. The van der Waals surface area contributed by atoms with E-state index in [-0.39, 0.29) is 25.7 Å². The summed E-state index contributed by atoms with van der Waals surface area (Å²) in [5.41, 5.74) is 0. The summed E-state index contributed by atoms with van der Waals surface area (Å²) in [7, 11) is -9.95. The van der Waals surface area contributed by atoms with Gasteiger partial charge in [-0.1, -0.05) is 279 Å². The summed E-state index contributed by atoms with van der Waals surface area (Å²) >= 11 is 0. The molecule has 98 heavy (non-hydrogen) atoms. The topological polar surface area (TPSA) is 237 Å². The van der Waals surface area contributed by atoms with E-state index in [9.17, 15) is 43.2 Å². The van der Waals surface area contributed by atoms with Crippen molar-refractivity contribution in [2.75, 3.05) is 39.6 Å². The first kappa shape index (κ1) is 94.0. The third-order valence-electron chi connectivity index (χ3n) is 16.0. The Labute approximate surface area is 595 Å². The summed E-state index contributed by atoms with van der Waals surface area (Å²) < 4.78 is 68.4. The van der Waals surface area contributed by atoms with Crippen molar-refractivity contribution in [1.82, 2.24) is 0 Å². The van der Waals surface area contributed by atoms with Crippen molar-refractivity contribution in [3.63, 3.8) is 0 Å². The number of phosphoric ester groups is 2.